The lowest BCUT2D eigenvalue weighted by Crippen LogP contribution is -2.22. The number of nitrogens with zero attached hydrogens (tertiary/aromatic N) is 1. The number of benzene rings is 1. The van der Waals surface area contributed by atoms with Gasteiger partial charge in [-0.15, -0.1) is 0 Å². The van der Waals surface area contributed by atoms with Crippen molar-refractivity contribution in [3.63, 3.8) is 0 Å². The third-order valence-electron chi connectivity index (χ3n) is 3.70. The topological polar surface area (TPSA) is 98.5 Å². The van der Waals surface area contributed by atoms with Gasteiger partial charge in [0.2, 0.25) is 0 Å². The molecular formula is C16H15F3N2O5. The average Bonchev–Trinajstić information content (AvgIpc) is 3.05. The van der Waals surface area contributed by atoms with Gasteiger partial charge in [-0.05, 0) is 30.9 Å². The summed E-state index contributed by atoms with van der Waals surface area (Å²) in [4.78, 5) is 33.3. The first-order valence-electron chi connectivity index (χ1n) is 7.64. The maximum atomic E-state index is 12.6. The van der Waals surface area contributed by atoms with Gasteiger partial charge in [0.1, 0.15) is 5.69 Å². The smallest absolute Gasteiger partial charge is 0.416 e. The number of carbonyl (C=O) groups excluding carboxylic acids is 2. The molecule has 0 spiro atoms. The lowest BCUT2D eigenvalue weighted by Gasteiger charge is -2.11. The molecule has 0 aromatic heterocycles. The van der Waals surface area contributed by atoms with Crippen LogP contribution in [0.1, 0.15) is 24.8 Å². The van der Waals surface area contributed by atoms with E-state index in [1.807, 2.05) is 12.2 Å². The zero-order chi connectivity index (χ0) is 19.3. The van der Waals surface area contributed by atoms with E-state index in [9.17, 15) is 32.9 Å². The highest BCUT2D eigenvalue weighted by Gasteiger charge is 2.33. The number of hydrogen-bond donors (Lipinski definition) is 1. The minimum absolute atomic E-state index is 0.0570. The molecule has 1 N–H and O–H groups in total. The van der Waals surface area contributed by atoms with Crippen molar-refractivity contribution in [3.8, 4) is 0 Å². The molecule has 10 heteroatoms. The highest BCUT2D eigenvalue weighted by atomic mass is 19.4. The molecule has 7 nitrogen and oxygen atoms in total. The van der Waals surface area contributed by atoms with Gasteiger partial charge in [-0.1, -0.05) is 12.2 Å². The van der Waals surface area contributed by atoms with Gasteiger partial charge >= 0.3 is 12.1 Å². The Bertz CT molecular complexity index is 746. The summed E-state index contributed by atoms with van der Waals surface area (Å²) >= 11 is 0. The van der Waals surface area contributed by atoms with Crippen molar-refractivity contribution in [1.29, 1.82) is 0 Å². The summed E-state index contributed by atoms with van der Waals surface area (Å²) in [6, 6.07) is 1.72. The van der Waals surface area contributed by atoms with Crippen LogP contribution in [0, 0.1) is 16.0 Å². The standard InChI is InChI=1S/C16H15F3N2O5/c17-16(18,19)11-5-6-12(13(8-11)21(24)25)20-14(22)9-26-15(23)7-10-3-1-2-4-10/h1,3,5-6,8,10H,2,4,7,9H2,(H,20,22)/t10-/m1/s1. The van der Waals surface area contributed by atoms with E-state index in [1.54, 1.807) is 0 Å². The number of esters is 1. The van der Waals surface area contributed by atoms with Crippen molar-refractivity contribution in [3.05, 3.63) is 46.0 Å². The molecule has 0 saturated carbocycles. The number of anilines is 1. The number of alkyl halides is 3. The Morgan fingerprint density at radius 2 is 2.08 bits per heavy atom. The summed E-state index contributed by atoms with van der Waals surface area (Å²) in [5.41, 5.74) is -2.53. The van der Waals surface area contributed by atoms with Crippen LogP contribution in [-0.4, -0.2) is 23.4 Å². The number of allylic oxidation sites excluding steroid dienone is 2. The number of nitrogens with one attached hydrogen (secondary N) is 1. The molecule has 1 atom stereocenters. The van der Waals surface area contributed by atoms with E-state index >= 15 is 0 Å². The minimum atomic E-state index is -4.75. The first-order chi connectivity index (χ1) is 12.2. The van der Waals surface area contributed by atoms with Crippen molar-refractivity contribution in [1.82, 2.24) is 0 Å². The molecule has 26 heavy (non-hydrogen) atoms. The number of carbonyl (C=O) groups is 2. The van der Waals surface area contributed by atoms with E-state index < -0.39 is 46.5 Å². The van der Waals surface area contributed by atoms with Crippen molar-refractivity contribution in [2.45, 2.75) is 25.4 Å². The Morgan fingerprint density at radius 3 is 2.65 bits per heavy atom. The maximum Gasteiger partial charge on any atom is 0.416 e. The third kappa shape index (κ3) is 5.30. The lowest BCUT2D eigenvalue weighted by atomic mass is 10.1. The fourth-order valence-electron chi connectivity index (χ4n) is 2.44. The van der Waals surface area contributed by atoms with Crippen LogP contribution in [0.15, 0.2) is 30.4 Å². The molecule has 0 saturated heterocycles. The van der Waals surface area contributed by atoms with E-state index in [1.165, 1.54) is 0 Å². The molecular weight excluding hydrogens is 357 g/mol. The first-order valence-corrected chi connectivity index (χ1v) is 7.64. The van der Waals surface area contributed by atoms with Crippen molar-refractivity contribution in [2.24, 2.45) is 5.92 Å². The number of ether oxygens (including phenoxy) is 1. The molecule has 1 aliphatic carbocycles. The Labute approximate surface area is 146 Å². The van der Waals surface area contributed by atoms with Crippen LogP contribution >= 0.6 is 0 Å². The number of rotatable bonds is 6. The number of nitro groups is 1. The molecule has 1 amide bonds. The molecule has 0 bridgehead atoms. The fourth-order valence-corrected chi connectivity index (χ4v) is 2.44. The van der Waals surface area contributed by atoms with Gasteiger partial charge in [0.25, 0.3) is 11.6 Å². The Kier molecular flexibility index (Phi) is 5.96. The van der Waals surface area contributed by atoms with Crippen LogP contribution in [0.4, 0.5) is 24.5 Å². The van der Waals surface area contributed by atoms with Crippen LogP contribution in [-0.2, 0) is 20.5 Å². The Balaban J connectivity index is 1.96. The molecule has 0 radical (unpaired) electrons. The predicted octanol–water partition coefficient (Wildman–Crippen LogP) is 3.45. The highest BCUT2D eigenvalue weighted by molar-refractivity contribution is 5.94. The van der Waals surface area contributed by atoms with Gasteiger partial charge in [0, 0.05) is 6.07 Å². The van der Waals surface area contributed by atoms with E-state index in [-0.39, 0.29) is 12.3 Å². The molecule has 0 fully saturated rings. The van der Waals surface area contributed by atoms with Crippen LogP contribution < -0.4 is 5.32 Å². The van der Waals surface area contributed by atoms with Gasteiger partial charge in [0.15, 0.2) is 6.61 Å². The van der Waals surface area contributed by atoms with Crippen molar-refractivity contribution < 1.29 is 32.4 Å². The SMILES string of the molecule is O=C(COC(=O)C[C@@H]1C=CCC1)Nc1ccc(C(F)(F)F)cc1[N+](=O)[O-]. The third-order valence-corrected chi connectivity index (χ3v) is 3.70. The Morgan fingerprint density at radius 1 is 1.35 bits per heavy atom. The van der Waals surface area contributed by atoms with Crippen LogP contribution in [0.5, 0.6) is 0 Å². The summed E-state index contributed by atoms with van der Waals surface area (Å²) in [6.07, 6.45) is 0.873. The van der Waals surface area contributed by atoms with E-state index in [0.29, 0.717) is 12.1 Å². The molecule has 1 aromatic carbocycles. The molecule has 0 unspecified atom stereocenters. The Hall–Kier alpha value is -2.91. The summed E-state index contributed by atoms with van der Waals surface area (Å²) < 4.78 is 42.7. The largest absolute Gasteiger partial charge is 0.456 e. The van der Waals surface area contributed by atoms with Gasteiger partial charge in [0.05, 0.1) is 16.9 Å². The molecule has 0 heterocycles. The fraction of sp³-hybridized carbons (Fsp3) is 0.375. The summed E-state index contributed by atoms with van der Waals surface area (Å²) in [7, 11) is 0. The maximum absolute atomic E-state index is 12.6. The lowest BCUT2D eigenvalue weighted by molar-refractivity contribution is -0.384. The van der Waals surface area contributed by atoms with E-state index in [0.717, 1.165) is 18.9 Å². The van der Waals surface area contributed by atoms with Gasteiger partial charge in [-0.3, -0.25) is 19.7 Å². The average molecular weight is 372 g/mol. The molecule has 2 rings (SSSR count). The molecule has 1 aromatic rings. The number of hydrogen-bond acceptors (Lipinski definition) is 5. The number of halogens is 3. The zero-order valence-corrected chi connectivity index (χ0v) is 13.4. The van der Waals surface area contributed by atoms with Crippen molar-refractivity contribution in [2.75, 3.05) is 11.9 Å². The number of nitro benzene ring substituents is 1. The van der Waals surface area contributed by atoms with Gasteiger partial charge < -0.3 is 10.1 Å². The summed E-state index contributed by atoms with van der Waals surface area (Å²) in [5, 5.41) is 13.0. The quantitative estimate of drug-likeness (QED) is 0.357. The number of amides is 1. The van der Waals surface area contributed by atoms with E-state index in [4.69, 9.17) is 4.74 Å². The second-order valence-electron chi connectivity index (χ2n) is 5.67. The summed E-state index contributed by atoms with van der Waals surface area (Å²) in [6.45, 7) is -0.687. The van der Waals surface area contributed by atoms with Crippen LogP contribution in [0.25, 0.3) is 0 Å². The molecule has 0 aliphatic heterocycles. The second kappa shape index (κ2) is 7.98. The van der Waals surface area contributed by atoms with Gasteiger partial charge in [-0.2, -0.15) is 13.2 Å². The monoisotopic (exact) mass is 372 g/mol. The zero-order valence-electron chi connectivity index (χ0n) is 13.4. The molecule has 140 valence electrons. The van der Waals surface area contributed by atoms with Crippen molar-refractivity contribution >= 4 is 23.3 Å². The minimum Gasteiger partial charge on any atom is -0.456 e. The predicted molar refractivity (Wildman–Crippen MR) is 84.2 cm³/mol. The summed E-state index contributed by atoms with van der Waals surface area (Å²) in [5.74, 6) is -1.43. The van der Waals surface area contributed by atoms with Gasteiger partial charge in [-0.25, -0.2) is 0 Å². The highest BCUT2D eigenvalue weighted by Crippen LogP contribution is 2.34. The van der Waals surface area contributed by atoms with E-state index in [2.05, 4.69) is 5.32 Å². The normalized spacial score (nSPS) is 16.3. The van der Waals surface area contributed by atoms with Crippen LogP contribution in [0.3, 0.4) is 0 Å². The van der Waals surface area contributed by atoms with Crippen LogP contribution in [0.2, 0.25) is 0 Å². The first kappa shape index (κ1) is 19.4. The molecule has 1 aliphatic rings. The second-order valence-corrected chi connectivity index (χ2v) is 5.67.